The first-order valence-corrected chi connectivity index (χ1v) is 5.80. The summed E-state index contributed by atoms with van der Waals surface area (Å²) in [7, 11) is 0. The normalized spacial score (nSPS) is 11.9. The van der Waals surface area contributed by atoms with Crippen LogP contribution in [0.15, 0.2) is 12.1 Å². The Morgan fingerprint density at radius 3 is 2.74 bits per heavy atom. The van der Waals surface area contributed by atoms with Gasteiger partial charge in [0, 0.05) is 19.2 Å². The second-order valence-electron chi connectivity index (χ2n) is 4.50. The lowest BCUT2D eigenvalue weighted by Crippen LogP contribution is -2.30. The molecular formula is C12H17N3O4. The molecule has 7 nitrogen and oxygen atoms in total. The number of hydrogen-bond donors (Lipinski definition) is 3. The Bertz CT molecular complexity index is 502. The van der Waals surface area contributed by atoms with Crippen molar-refractivity contribution >= 4 is 17.3 Å². The summed E-state index contributed by atoms with van der Waals surface area (Å²) in [6, 6.07) is 2.82. The van der Waals surface area contributed by atoms with Gasteiger partial charge in [-0.05, 0) is 24.5 Å². The Kier molecular flexibility index (Phi) is 4.82. The highest BCUT2D eigenvalue weighted by molar-refractivity contribution is 6.01. The van der Waals surface area contributed by atoms with Crippen molar-refractivity contribution in [2.45, 2.75) is 13.8 Å². The number of nitro groups is 1. The molecule has 19 heavy (non-hydrogen) atoms. The number of aliphatic hydroxyl groups is 1. The Morgan fingerprint density at radius 1 is 1.58 bits per heavy atom. The third-order valence-electron chi connectivity index (χ3n) is 2.67. The predicted octanol–water partition coefficient (Wildman–Crippen LogP) is 0.844. The van der Waals surface area contributed by atoms with Crippen LogP contribution in [0, 0.1) is 23.0 Å². The van der Waals surface area contributed by atoms with Crippen molar-refractivity contribution < 1.29 is 14.8 Å². The molecule has 0 heterocycles. The molecule has 1 atom stereocenters. The van der Waals surface area contributed by atoms with Gasteiger partial charge in [0.15, 0.2) is 0 Å². The number of amides is 1. The summed E-state index contributed by atoms with van der Waals surface area (Å²) in [4.78, 5) is 22.1. The van der Waals surface area contributed by atoms with Gasteiger partial charge >= 0.3 is 0 Å². The molecule has 0 aliphatic heterocycles. The highest BCUT2D eigenvalue weighted by Crippen LogP contribution is 2.26. The molecule has 1 unspecified atom stereocenters. The van der Waals surface area contributed by atoms with Crippen LogP contribution < -0.4 is 11.1 Å². The quantitative estimate of drug-likeness (QED) is 0.415. The molecule has 0 bridgehead atoms. The first kappa shape index (κ1) is 14.9. The predicted molar refractivity (Wildman–Crippen MR) is 70.8 cm³/mol. The number of aliphatic hydroxyl groups excluding tert-OH is 1. The Hall–Kier alpha value is -2.15. The number of carbonyl (C=O) groups excluding carboxylic acids is 1. The lowest BCUT2D eigenvalue weighted by molar-refractivity contribution is -0.384. The number of rotatable bonds is 5. The second-order valence-corrected chi connectivity index (χ2v) is 4.50. The molecule has 4 N–H and O–H groups in total. The van der Waals surface area contributed by atoms with Crippen molar-refractivity contribution in [3.63, 3.8) is 0 Å². The third-order valence-corrected chi connectivity index (χ3v) is 2.67. The number of nitrogens with one attached hydrogen (secondary N) is 1. The average Bonchev–Trinajstić information content (AvgIpc) is 2.37. The molecule has 0 radical (unpaired) electrons. The zero-order chi connectivity index (χ0) is 14.6. The summed E-state index contributed by atoms with van der Waals surface area (Å²) in [5.74, 6) is -0.574. The van der Waals surface area contributed by atoms with Crippen LogP contribution in [0.25, 0.3) is 0 Å². The molecule has 0 saturated carbocycles. The first-order valence-electron chi connectivity index (χ1n) is 5.80. The van der Waals surface area contributed by atoms with Gasteiger partial charge in [0.05, 0.1) is 10.5 Å². The SMILES string of the molecule is Cc1cc(C(=O)NCC(C)CO)c(N)c([N+](=O)[O-])c1. The first-order chi connectivity index (χ1) is 8.86. The van der Waals surface area contributed by atoms with Crippen molar-refractivity contribution in [2.24, 2.45) is 5.92 Å². The fourth-order valence-corrected chi connectivity index (χ4v) is 1.54. The van der Waals surface area contributed by atoms with Crippen LogP contribution in [0.4, 0.5) is 11.4 Å². The maximum Gasteiger partial charge on any atom is 0.293 e. The summed E-state index contributed by atoms with van der Waals surface area (Å²) in [6.45, 7) is 3.64. The third kappa shape index (κ3) is 3.65. The lowest BCUT2D eigenvalue weighted by Gasteiger charge is -2.11. The van der Waals surface area contributed by atoms with Gasteiger partial charge in [-0.1, -0.05) is 6.92 Å². The molecule has 0 aliphatic carbocycles. The van der Waals surface area contributed by atoms with E-state index in [1.807, 2.05) is 0 Å². The van der Waals surface area contributed by atoms with E-state index in [1.54, 1.807) is 13.8 Å². The monoisotopic (exact) mass is 267 g/mol. The van der Waals surface area contributed by atoms with Crippen LogP contribution in [0.5, 0.6) is 0 Å². The molecule has 0 aromatic heterocycles. The van der Waals surface area contributed by atoms with E-state index >= 15 is 0 Å². The van der Waals surface area contributed by atoms with Crippen LogP contribution in [0.1, 0.15) is 22.8 Å². The highest BCUT2D eigenvalue weighted by Gasteiger charge is 2.20. The molecule has 1 amide bonds. The lowest BCUT2D eigenvalue weighted by atomic mass is 10.1. The minimum Gasteiger partial charge on any atom is -0.396 e. The van der Waals surface area contributed by atoms with Crippen molar-refractivity contribution in [3.8, 4) is 0 Å². The molecule has 0 fully saturated rings. The van der Waals surface area contributed by atoms with Gasteiger partial charge in [-0.3, -0.25) is 14.9 Å². The summed E-state index contributed by atoms with van der Waals surface area (Å²) >= 11 is 0. The molecule has 1 aromatic rings. The van der Waals surface area contributed by atoms with E-state index in [0.717, 1.165) is 0 Å². The summed E-state index contributed by atoms with van der Waals surface area (Å²) in [6.07, 6.45) is 0. The summed E-state index contributed by atoms with van der Waals surface area (Å²) in [5.41, 5.74) is 5.88. The zero-order valence-electron chi connectivity index (χ0n) is 10.8. The van der Waals surface area contributed by atoms with E-state index in [9.17, 15) is 14.9 Å². The Morgan fingerprint density at radius 2 is 2.21 bits per heavy atom. The van der Waals surface area contributed by atoms with E-state index in [0.29, 0.717) is 5.56 Å². The maximum atomic E-state index is 11.9. The molecule has 0 aliphatic rings. The highest BCUT2D eigenvalue weighted by atomic mass is 16.6. The van der Waals surface area contributed by atoms with E-state index in [1.165, 1.54) is 12.1 Å². The smallest absolute Gasteiger partial charge is 0.293 e. The van der Waals surface area contributed by atoms with Crippen molar-refractivity contribution in [3.05, 3.63) is 33.4 Å². The molecule has 0 saturated heterocycles. The maximum absolute atomic E-state index is 11.9. The average molecular weight is 267 g/mol. The van der Waals surface area contributed by atoms with Gasteiger partial charge in [-0.15, -0.1) is 0 Å². The number of aryl methyl sites for hydroxylation is 1. The van der Waals surface area contributed by atoms with Crippen molar-refractivity contribution in [2.75, 3.05) is 18.9 Å². The number of benzene rings is 1. The number of anilines is 1. The van der Waals surface area contributed by atoms with Crippen molar-refractivity contribution in [1.29, 1.82) is 0 Å². The van der Waals surface area contributed by atoms with E-state index in [4.69, 9.17) is 10.8 Å². The Labute approximate surface area is 110 Å². The molecule has 0 spiro atoms. The summed E-state index contributed by atoms with van der Waals surface area (Å²) in [5, 5.41) is 22.3. The fraction of sp³-hybridized carbons (Fsp3) is 0.417. The molecular weight excluding hydrogens is 250 g/mol. The molecule has 104 valence electrons. The minimum absolute atomic E-state index is 0.0519. The van der Waals surface area contributed by atoms with Gasteiger partial charge < -0.3 is 16.2 Å². The number of nitrogens with two attached hydrogens (primary N) is 1. The minimum atomic E-state index is -0.616. The molecule has 7 heteroatoms. The van der Waals surface area contributed by atoms with Gasteiger partial charge in [0.2, 0.25) is 0 Å². The van der Waals surface area contributed by atoms with E-state index in [2.05, 4.69) is 5.32 Å². The van der Waals surface area contributed by atoms with Crippen LogP contribution in [0.3, 0.4) is 0 Å². The van der Waals surface area contributed by atoms with Crippen LogP contribution >= 0.6 is 0 Å². The van der Waals surface area contributed by atoms with E-state index < -0.39 is 10.8 Å². The fourth-order valence-electron chi connectivity index (χ4n) is 1.54. The zero-order valence-corrected chi connectivity index (χ0v) is 10.8. The van der Waals surface area contributed by atoms with Gasteiger partial charge in [0.25, 0.3) is 11.6 Å². The number of nitrogens with zero attached hydrogens (tertiary/aromatic N) is 1. The van der Waals surface area contributed by atoms with E-state index in [-0.39, 0.29) is 36.0 Å². The number of nitro benzene ring substituents is 1. The van der Waals surface area contributed by atoms with Gasteiger partial charge in [-0.2, -0.15) is 0 Å². The topological polar surface area (TPSA) is 118 Å². The summed E-state index contributed by atoms with van der Waals surface area (Å²) < 4.78 is 0. The Balaban J connectivity index is 3.00. The number of carbonyl (C=O) groups is 1. The second kappa shape index (κ2) is 6.14. The molecule has 1 rings (SSSR count). The number of nitrogen functional groups attached to an aromatic ring is 1. The standard InChI is InChI=1S/C12H17N3O4/c1-7-3-9(11(13)10(4-7)15(18)19)12(17)14-5-8(2)6-16/h3-4,8,16H,5-6,13H2,1-2H3,(H,14,17). The largest absolute Gasteiger partial charge is 0.396 e. The van der Waals surface area contributed by atoms with Crippen LogP contribution in [-0.4, -0.2) is 29.1 Å². The van der Waals surface area contributed by atoms with Gasteiger partial charge in [0.1, 0.15) is 5.69 Å². The van der Waals surface area contributed by atoms with Crippen molar-refractivity contribution in [1.82, 2.24) is 5.32 Å². The number of hydrogen-bond acceptors (Lipinski definition) is 5. The van der Waals surface area contributed by atoms with Crippen LogP contribution in [0.2, 0.25) is 0 Å². The van der Waals surface area contributed by atoms with Gasteiger partial charge in [-0.25, -0.2) is 0 Å². The molecule has 1 aromatic carbocycles. The van der Waals surface area contributed by atoms with Crippen LogP contribution in [-0.2, 0) is 0 Å².